The normalized spacial score (nSPS) is 12.4. The van der Waals surface area contributed by atoms with Crippen molar-refractivity contribution < 1.29 is 17.9 Å². The third-order valence-electron chi connectivity index (χ3n) is 4.02. The Hall–Kier alpha value is -2.34. The van der Waals surface area contributed by atoms with Crippen LogP contribution in [-0.2, 0) is 14.8 Å². The molecule has 0 saturated heterocycles. The van der Waals surface area contributed by atoms with Gasteiger partial charge in [0.15, 0.2) is 0 Å². The molecule has 0 aliphatic heterocycles. The van der Waals surface area contributed by atoms with Crippen LogP contribution in [0.25, 0.3) is 0 Å². The number of carbonyl (C=O) groups is 1. The molecule has 25 heavy (non-hydrogen) atoms. The number of nitrogens with one attached hydrogen (secondary N) is 1. The van der Waals surface area contributed by atoms with Crippen molar-refractivity contribution in [1.29, 1.82) is 0 Å². The smallest absolute Gasteiger partial charge is 0.338 e. The molecule has 2 aromatic rings. The summed E-state index contributed by atoms with van der Waals surface area (Å²) in [6.07, 6.45) is 0.910. The largest absolute Gasteiger partial charge is 0.462 e. The fourth-order valence-corrected chi connectivity index (χ4v) is 3.52. The number of esters is 1. The molecule has 0 amide bonds. The van der Waals surface area contributed by atoms with Crippen LogP contribution in [-0.4, -0.2) is 21.0 Å². The number of ether oxygens (including phenoxy) is 1. The molecule has 0 spiro atoms. The zero-order valence-corrected chi connectivity index (χ0v) is 15.5. The van der Waals surface area contributed by atoms with Crippen molar-refractivity contribution in [2.45, 2.75) is 38.0 Å². The van der Waals surface area contributed by atoms with Gasteiger partial charge in [0.2, 0.25) is 0 Å². The number of sulfonamides is 1. The molecule has 6 heteroatoms. The second kappa shape index (κ2) is 8.16. The highest BCUT2D eigenvalue weighted by molar-refractivity contribution is 7.92. The number of carbonyl (C=O) groups excluding carboxylic acids is 1. The van der Waals surface area contributed by atoms with E-state index in [2.05, 4.69) is 18.6 Å². The maximum atomic E-state index is 12.6. The number of hydrogen-bond acceptors (Lipinski definition) is 4. The lowest BCUT2D eigenvalue weighted by Gasteiger charge is -2.16. The summed E-state index contributed by atoms with van der Waals surface area (Å²) in [4.78, 5) is 11.8. The van der Waals surface area contributed by atoms with E-state index in [0.29, 0.717) is 11.3 Å². The molecule has 1 atom stereocenters. The van der Waals surface area contributed by atoms with Crippen LogP contribution in [0.1, 0.15) is 49.0 Å². The molecule has 2 rings (SSSR count). The molecule has 0 aliphatic carbocycles. The average molecular weight is 361 g/mol. The summed E-state index contributed by atoms with van der Waals surface area (Å²) >= 11 is 0. The molecule has 0 bridgehead atoms. The summed E-state index contributed by atoms with van der Waals surface area (Å²) in [6.45, 7) is 6.10. The Balaban J connectivity index is 2.27. The van der Waals surface area contributed by atoms with Crippen LogP contribution in [0, 0.1) is 0 Å². The SMILES string of the molecule is CCOC(=O)c1ccc(S(=O)(=O)Nc2ccccc2[C@@H](C)CC)cc1. The summed E-state index contributed by atoms with van der Waals surface area (Å²) in [7, 11) is -3.73. The molecule has 1 N–H and O–H groups in total. The first-order chi connectivity index (χ1) is 11.9. The van der Waals surface area contributed by atoms with Gasteiger partial charge in [-0.25, -0.2) is 13.2 Å². The van der Waals surface area contributed by atoms with Crippen LogP contribution in [0.15, 0.2) is 53.4 Å². The van der Waals surface area contributed by atoms with Crippen molar-refractivity contribution in [3.63, 3.8) is 0 Å². The summed E-state index contributed by atoms with van der Waals surface area (Å²) < 4.78 is 32.8. The van der Waals surface area contributed by atoms with Gasteiger partial charge in [-0.05, 0) is 55.2 Å². The van der Waals surface area contributed by atoms with Gasteiger partial charge in [-0.2, -0.15) is 0 Å². The third-order valence-corrected chi connectivity index (χ3v) is 5.41. The molecular formula is C19H23NO4S. The summed E-state index contributed by atoms with van der Waals surface area (Å²) in [5.74, 6) is -0.230. The average Bonchev–Trinajstić information content (AvgIpc) is 2.61. The van der Waals surface area contributed by atoms with Gasteiger partial charge in [-0.15, -0.1) is 0 Å². The van der Waals surface area contributed by atoms with E-state index in [1.54, 1.807) is 19.1 Å². The Morgan fingerprint density at radius 3 is 2.32 bits per heavy atom. The molecule has 0 saturated carbocycles. The monoisotopic (exact) mass is 361 g/mol. The first-order valence-electron chi connectivity index (χ1n) is 8.28. The molecule has 0 aliphatic rings. The van der Waals surface area contributed by atoms with E-state index in [1.165, 1.54) is 24.3 Å². The van der Waals surface area contributed by atoms with Gasteiger partial charge in [-0.1, -0.05) is 32.0 Å². The van der Waals surface area contributed by atoms with Crippen molar-refractivity contribution in [2.75, 3.05) is 11.3 Å². The van der Waals surface area contributed by atoms with Crippen molar-refractivity contribution >= 4 is 21.7 Å². The van der Waals surface area contributed by atoms with E-state index in [0.717, 1.165) is 12.0 Å². The van der Waals surface area contributed by atoms with Crippen LogP contribution in [0.4, 0.5) is 5.69 Å². The Morgan fingerprint density at radius 2 is 1.72 bits per heavy atom. The van der Waals surface area contributed by atoms with Gasteiger partial charge in [0.05, 0.1) is 22.8 Å². The predicted molar refractivity (Wildman–Crippen MR) is 98.4 cm³/mol. The highest BCUT2D eigenvalue weighted by Gasteiger charge is 2.18. The van der Waals surface area contributed by atoms with Gasteiger partial charge < -0.3 is 4.74 Å². The second-order valence-corrected chi connectivity index (χ2v) is 7.43. The van der Waals surface area contributed by atoms with Gasteiger partial charge in [0, 0.05) is 0 Å². The van der Waals surface area contributed by atoms with E-state index in [-0.39, 0.29) is 17.4 Å². The van der Waals surface area contributed by atoms with E-state index in [9.17, 15) is 13.2 Å². The molecule has 0 radical (unpaired) electrons. The number of hydrogen-bond donors (Lipinski definition) is 1. The van der Waals surface area contributed by atoms with Gasteiger partial charge in [0.1, 0.15) is 0 Å². The standard InChI is InChI=1S/C19H23NO4S/c1-4-14(3)17-8-6-7-9-18(17)20-25(22,23)16-12-10-15(11-13-16)19(21)24-5-2/h6-14,20H,4-5H2,1-3H3/t14-/m0/s1. The molecule has 5 nitrogen and oxygen atoms in total. The Bertz CT molecular complexity index is 829. The fraction of sp³-hybridized carbons (Fsp3) is 0.316. The Labute approximate surface area is 149 Å². The first kappa shape index (κ1) is 19.0. The zero-order chi connectivity index (χ0) is 18.4. The fourth-order valence-electron chi connectivity index (χ4n) is 2.43. The molecule has 0 aromatic heterocycles. The number of anilines is 1. The number of rotatable bonds is 7. The second-order valence-electron chi connectivity index (χ2n) is 5.75. The molecule has 0 unspecified atom stereocenters. The van der Waals surface area contributed by atoms with E-state index < -0.39 is 16.0 Å². The van der Waals surface area contributed by atoms with Crippen LogP contribution in [0.2, 0.25) is 0 Å². The van der Waals surface area contributed by atoms with Gasteiger partial charge >= 0.3 is 5.97 Å². The number of benzene rings is 2. The van der Waals surface area contributed by atoms with Crippen LogP contribution >= 0.6 is 0 Å². The molecule has 134 valence electrons. The Morgan fingerprint density at radius 1 is 1.08 bits per heavy atom. The highest BCUT2D eigenvalue weighted by Crippen LogP contribution is 2.28. The minimum Gasteiger partial charge on any atom is -0.462 e. The van der Waals surface area contributed by atoms with Crippen molar-refractivity contribution in [1.82, 2.24) is 0 Å². The lowest BCUT2D eigenvalue weighted by Crippen LogP contribution is -2.15. The predicted octanol–water partition coefficient (Wildman–Crippen LogP) is 4.18. The first-order valence-corrected chi connectivity index (χ1v) is 9.76. The number of para-hydroxylation sites is 1. The maximum absolute atomic E-state index is 12.6. The van der Waals surface area contributed by atoms with Crippen molar-refractivity contribution in [3.8, 4) is 0 Å². The Kier molecular flexibility index (Phi) is 6.20. The minimum absolute atomic E-state index is 0.0968. The molecular weight excluding hydrogens is 338 g/mol. The summed E-state index contributed by atoms with van der Waals surface area (Å²) in [5, 5.41) is 0. The summed E-state index contributed by atoms with van der Waals surface area (Å²) in [6, 6.07) is 13.1. The van der Waals surface area contributed by atoms with Gasteiger partial charge in [0.25, 0.3) is 10.0 Å². The van der Waals surface area contributed by atoms with Crippen LogP contribution < -0.4 is 4.72 Å². The molecule has 0 heterocycles. The van der Waals surface area contributed by atoms with Gasteiger partial charge in [-0.3, -0.25) is 4.72 Å². The van der Waals surface area contributed by atoms with Crippen molar-refractivity contribution in [3.05, 3.63) is 59.7 Å². The lowest BCUT2D eigenvalue weighted by molar-refractivity contribution is 0.0526. The quantitative estimate of drug-likeness (QED) is 0.751. The third kappa shape index (κ3) is 4.60. The van der Waals surface area contributed by atoms with Crippen LogP contribution in [0.5, 0.6) is 0 Å². The summed E-state index contributed by atoms with van der Waals surface area (Å²) in [5.41, 5.74) is 1.85. The zero-order valence-electron chi connectivity index (χ0n) is 14.7. The van der Waals surface area contributed by atoms with Crippen LogP contribution in [0.3, 0.4) is 0 Å². The molecule has 0 fully saturated rings. The van der Waals surface area contributed by atoms with E-state index >= 15 is 0 Å². The minimum atomic E-state index is -3.73. The topological polar surface area (TPSA) is 72.5 Å². The molecule has 2 aromatic carbocycles. The van der Waals surface area contributed by atoms with E-state index in [4.69, 9.17) is 4.74 Å². The van der Waals surface area contributed by atoms with E-state index in [1.807, 2.05) is 12.1 Å². The highest BCUT2D eigenvalue weighted by atomic mass is 32.2. The maximum Gasteiger partial charge on any atom is 0.338 e. The van der Waals surface area contributed by atoms with Crippen molar-refractivity contribution in [2.24, 2.45) is 0 Å². The lowest BCUT2D eigenvalue weighted by atomic mass is 9.97.